The number of esters is 1. The molecule has 41 heavy (non-hydrogen) atoms. The van der Waals surface area contributed by atoms with Gasteiger partial charge in [0.05, 0.1) is 7.11 Å². The Hall–Kier alpha value is -5.10. The number of halogens is 1. The molecule has 0 atom stereocenters. The quantitative estimate of drug-likeness (QED) is 0.152. The molecule has 0 saturated carbocycles. The van der Waals surface area contributed by atoms with E-state index in [0.717, 1.165) is 11.1 Å². The minimum absolute atomic E-state index is 0.0348. The fourth-order valence-corrected chi connectivity index (χ4v) is 4.76. The van der Waals surface area contributed by atoms with Crippen molar-refractivity contribution < 1.29 is 23.1 Å². The lowest BCUT2D eigenvalue weighted by Crippen LogP contribution is -2.19. The van der Waals surface area contributed by atoms with Crippen molar-refractivity contribution in [1.82, 2.24) is 19.5 Å². The fraction of sp³-hybridized carbons (Fsp3) is 0.103. The zero-order valence-electron chi connectivity index (χ0n) is 21.6. The van der Waals surface area contributed by atoms with E-state index in [1.54, 1.807) is 59.6 Å². The van der Waals surface area contributed by atoms with Crippen LogP contribution in [0.1, 0.15) is 37.6 Å². The van der Waals surface area contributed by atoms with Crippen LogP contribution in [0.2, 0.25) is 0 Å². The third-order valence-electron chi connectivity index (χ3n) is 5.89. The molecule has 5 aromatic rings. The highest BCUT2D eigenvalue weighted by Gasteiger charge is 2.16. The summed E-state index contributed by atoms with van der Waals surface area (Å²) in [4.78, 5) is 49.7. The number of hydrogen-bond donors (Lipinski definition) is 1. The molecule has 1 amide bonds. The number of thioether (sulfide) groups is 1. The van der Waals surface area contributed by atoms with Crippen LogP contribution in [0.3, 0.4) is 0 Å². The molecular formula is C29H22FN5O5S. The Balaban J connectivity index is 1.41. The molecule has 0 unspecified atom stereocenters. The van der Waals surface area contributed by atoms with Gasteiger partial charge >= 0.3 is 5.97 Å². The molecule has 3 heterocycles. The van der Waals surface area contributed by atoms with Gasteiger partial charge in [-0.15, -0.1) is 0 Å². The molecule has 5 rings (SSSR count). The van der Waals surface area contributed by atoms with Gasteiger partial charge in [0.25, 0.3) is 11.5 Å². The first kappa shape index (κ1) is 27.5. The minimum atomic E-state index is -0.656. The van der Waals surface area contributed by atoms with Crippen LogP contribution in [-0.2, 0) is 16.9 Å². The third-order valence-corrected chi connectivity index (χ3v) is 6.91. The van der Waals surface area contributed by atoms with Gasteiger partial charge in [0.2, 0.25) is 11.6 Å². The summed E-state index contributed by atoms with van der Waals surface area (Å²) in [5, 5.41) is 3.02. The molecule has 2 aromatic carbocycles. The standard InChI is InChI=1S/C29H22FN5O5S/c1-39-28(38)24-10-11-25(40-24)33-26(36)20-4-8-23(9-5-20)35-15-21(12-19-13-31-17-32-14-19)27(37)34-29(35)41-16-18-2-6-22(30)7-3-18/h2-11,13-15,17H,12,16H2,1H3,(H,33,36). The Morgan fingerprint density at radius 1 is 1.00 bits per heavy atom. The van der Waals surface area contributed by atoms with Crippen molar-refractivity contribution >= 4 is 29.5 Å². The Kier molecular flexibility index (Phi) is 8.30. The molecule has 12 heteroatoms. The van der Waals surface area contributed by atoms with Gasteiger partial charge in [0.15, 0.2) is 5.16 Å². The third kappa shape index (κ3) is 6.73. The molecule has 1 N–H and O–H groups in total. The molecule has 0 fully saturated rings. The highest BCUT2D eigenvalue weighted by molar-refractivity contribution is 7.98. The highest BCUT2D eigenvalue weighted by atomic mass is 32.2. The Bertz CT molecular complexity index is 1740. The van der Waals surface area contributed by atoms with Crippen LogP contribution in [0.15, 0.2) is 99.9 Å². The van der Waals surface area contributed by atoms with Crippen LogP contribution in [0.4, 0.5) is 10.3 Å². The van der Waals surface area contributed by atoms with E-state index in [1.807, 2.05) is 0 Å². The maximum Gasteiger partial charge on any atom is 0.374 e. The number of methoxy groups -OCH3 is 1. The number of hydrogen-bond acceptors (Lipinski definition) is 9. The maximum absolute atomic E-state index is 13.3. The van der Waals surface area contributed by atoms with Gasteiger partial charge in [-0.3, -0.25) is 19.5 Å². The molecule has 0 saturated heterocycles. The number of benzene rings is 2. The van der Waals surface area contributed by atoms with Crippen LogP contribution < -0.4 is 10.9 Å². The molecule has 10 nitrogen and oxygen atoms in total. The van der Waals surface area contributed by atoms with Crippen molar-refractivity contribution in [3.8, 4) is 5.69 Å². The van der Waals surface area contributed by atoms with Crippen LogP contribution in [0.5, 0.6) is 0 Å². The molecule has 206 valence electrons. The van der Waals surface area contributed by atoms with Crippen LogP contribution >= 0.6 is 11.8 Å². The van der Waals surface area contributed by atoms with E-state index < -0.39 is 11.9 Å². The van der Waals surface area contributed by atoms with Gasteiger partial charge in [0.1, 0.15) is 12.1 Å². The van der Waals surface area contributed by atoms with Crippen LogP contribution in [0.25, 0.3) is 5.69 Å². The lowest BCUT2D eigenvalue weighted by atomic mass is 10.1. The maximum atomic E-state index is 13.3. The van der Waals surface area contributed by atoms with E-state index in [9.17, 15) is 18.8 Å². The topological polar surface area (TPSA) is 129 Å². The summed E-state index contributed by atoms with van der Waals surface area (Å²) in [7, 11) is 1.23. The number of carbonyl (C=O) groups is 2. The molecule has 0 aliphatic heterocycles. The average Bonchev–Trinajstić information content (AvgIpc) is 3.46. The number of amides is 1. The summed E-state index contributed by atoms with van der Waals surface area (Å²) in [6.45, 7) is 0. The summed E-state index contributed by atoms with van der Waals surface area (Å²) < 4.78 is 25.0. The summed E-state index contributed by atoms with van der Waals surface area (Å²) in [6, 6.07) is 15.6. The fourth-order valence-electron chi connectivity index (χ4n) is 3.83. The van der Waals surface area contributed by atoms with E-state index in [1.165, 1.54) is 49.5 Å². The van der Waals surface area contributed by atoms with Gasteiger partial charge < -0.3 is 9.15 Å². The molecule has 0 bridgehead atoms. The van der Waals surface area contributed by atoms with Crippen LogP contribution in [0, 0.1) is 5.82 Å². The number of aromatic nitrogens is 4. The number of carbonyl (C=O) groups excluding carboxylic acids is 2. The van der Waals surface area contributed by atoms with Gasteiger partial charge in [0, 0.05) is 53.6 Å². The van der Waals surface area contributed by atoms with Gasteiger partial charge in [-0.2, -0.15) is 4.98 Å². The van der Waals surface area contributed by atoms with Crippen molar-refractivity contribution in [3.05, 3.63) is 130 Å². The number of anilines is 1. The van der Waals surface area contributed by atoms with Crippen molar-refractivity contribution in [3.63, 3.8) is 0 Å². The molecule has 3 aromatic heterocycles. The first-order valence-corrected chi connectivity index (χ1v) is 13.2. The molecular weight excluding hydrogens is 549 g/mol. The largest absolute Gasteiger partial charge is 0.463 e. The van der Waals surface area contributed by atoms with Gasteiger partial charge in [-0.05, 0) is 53.6 Å². The van der Waals surface area contributed by atoms with Crippen molar-refractivity contribution in [2.75, 3.05) is 12.4 Å². The highest BCUT2D eigenvalue weighted by Crippen LogP contribution is 2.25. The summed E-state index contributed by atoms with van der Waals surface area (Å²) in [5.41, 5.74) is 2.67. The molecule has 0 spiro atoms. The number of nitrogens with zero attached hydrogens (tertiary/aromatic N) is 4. The summed E-state index contributed by atoms with van der Waals surface area (Å²) in [5.74, 6) is -0.919. The number of rotatable bonds is 9. The normalized spacial score (nSPS) is 10.8. The Morgan fingerprint density at radius 3 is 2.44 bits per heavy atom. The summed E-state index contributed by atoms with van der Waals surface area (Å²) in [6.07, 6.45) is 6.67. The zero-order valence-corrected chi connectivity index (χ0v) is 22.4. The second-order valence-electron chi connectivity index (χ2n) is 8.72. The molecule has 0 radical (unpaired) electrons. The number of furan rings is 1. The average molecular weight is 572 g/mol. The van der Waals surface area contributed by atoms with Gasteiger partial charge in [-0.25, -0.2) is 19.2 Å². The van der Waals surface area contributed by atoms with Crippen molar-refractivity contribution in [2.24, 2.45) is 0 Å². The Labute approximate surface area is 237 Å². The number of ether oxygens (including phenoxy) is 1. The second-order valence-corrected chi connectivity index (χ2v) is 9.66. The number of nitrogens with one attached hydrogen (secondary N) is 1. The smallest absolute Gasteiger partial charge is 0.374 e. The zero-order chi connectivity index (χ0) is 28.8. The first-order chi connectivity index (χ1) is 19.9. The first-order valence-electron chi connectivity index (χ1n) is 12.2. The van der Waals surface area contributed by atoms with Crippen LogP contribution in [-0.4, -0.2) is 38.5 Å². The molecule has 0 aliphatic rings. The minimum Gasteiger partial charge on any atom is -0.463 e. The lowest BCUT2D eigenvalue weighted by molar-refractivity contribution is 0.0565. The van der Waals surface area contributed by atoms with Crippen molar-refractivity contribution in [1.29, 1.82) is 0 Å². The van der Waals surface area contributed by atoms with Gasteiger partial charge in [-0.1, -0.05) is 23.9 Å². The van der Waals surface area contributed by atoms with E-state index in [2.05, 4.69) is 25.0 Å². The van der Waals surface area contributed by atoms with E-state index >= 15 is 0 Å². The SMILES string of the molecule is COC(=O)c1ccc(NC(=O)c2ccc(-n3cc(Cc4cncnc4)c(=O)nc3SCc3ccc(F)cc3)cc2)o1. The predicted molar refractivity (Wildman–Crippen MR) is 149 cm³/mol. The Morgan fingerprint density at radius 2 is 1.73 bits per heavy atom. The molecule has 0 aliphatic carbocycles. The monoisotopic (exact) mass is 571 g/mol. The lowest BCUT2D eigenvalue weighted by Gasteiger charge is -2.14. The van der Waals surface area contributed by atoms with E-state index in [0.29, 0.717) is 27.7 Å². The van der Waals surface area contributed by atoms with E-state index in [4.69, 9.17) is 4.42 Å². The van der Waals surface area contributed by atoms with E-state index in [-0.39, 0.29) is 29.4 Å². The summed E-state index contributed by atoms with van der Waals surface area (Å²) >= 11 is 1.32. The predicted octanol–water partition coefficient (Wildman–Crippen LogP) is 4.68. The second kappa shape index (κ2) is 12.4. The van der Waals surface area contributed by atoms with Crippen molar-refractivity contribution in [2.45, 2.75) is 17.3 Å².